The fourth-order valence-corrected chi connectivity index (χ4v) is 2.59. The van der Waals surface area contributed by atoms with Gasteiger partial charge in [0.25, 0.3) is 5.91 Å². The number of benzene rings is 1. The maximum absolute atomic E-state index is 11.4. The minimum Gasteiger partial charge on any atom is -0.532 e. The van der Waals surface area contributed by atoms with Gasteiger partial charge >= 0.3 is 7.12 Å². The number of nitrogens with zero attached hydrogens (tertiary/aromatic N) is 1. The average molecular weight is 312 g/mol. The zero-order valence-electron chi connectivity index (χ0n) is 13.1. The van der Waals surface area contributed by atoms with E-state index in [9.17, 15) is 9.82 Å². The number of H-pyrrole nitrogens is 1. The topological polar surface area (TPSA) is 113 Å². The molecule has 8 heteroatoms. The Morgan fingerprint density at radius 2 is 2.13 bits per heavy atom. The molecule has 1 aliphatic rings. The molecular weight excluding hydrogens is 295 g/mol. The summed E-state index contributed by atoms with van der Waals surface area (Å²) in [6.45, 7) is 5.66. The van der Waals surface area contributed by atoms with Crippen LogP contribution in [0.1, 0.15) is 35.3 Å². The lowest BCUT2D eigenvalue weighted by Gasteiger charge is -2.25. The van der Waals surface area contributed by atoms with E-state index in [-0.39, 0.29) is 5.56 Å². The van der Waals surface area contributed by atoms with Gasteiger partial charge < -0.3 is 20.7 Å². The first kappa shape index (κ1) is 15.2. The number of carbonyl (C=O) groups excluding carboxylic acids is 1. The highest BCUT2D eigenvalue weighted by atomic mass is 16.5. The molecule has 7 nitrogen and oxygen atoms in total. The summed E-state index contributed by atoms with van der Waals surface area (Å²) >= 11 is 0. The van der Waals surface area contributed by atoms with Crippen molar-refractivity contribution in [2.24, 2.45) is 5.73 Å². The van der Waals surface area contributed by atoms with Gasteiger partial charge in [0.1, 0.15) is 11.3 Å². The third-order valence-corrected chi connectivity index (χ3v) is 4.04. The summed E-state index contributed by atoms with van der Waals surface area (Å²) in [4.78, 5) is 11.4. The lowest BCUT2D eigenvalue weighted by molar-refractivity contribution is 0.100. The second kappa shape index (κ2) is 5.47. The van der Waals surface area contributed by atoms with Crippen molar-refractivity contribution < 1.29 is 14.5 Å². The van der Waals surface area contributed by atoms with E-state index in [2.05, 4.69) is 15.5 Å². The standard InChI is InChI=1S/C15H17BN4O3/c1-7-4-10(19-15-12(14(17)21)6-18-20-15)5-11-8(2)9(3)16(22)23-13(7)11/h4-6,22H,1-3H3,(H2,17,21)(H2,18,19,20). The van der Waals surface area contributed by atoms with Crippen molar-refractivity contribution >= 4 is 30.1 Å². The number of primary amides is 1. The van der Waals surface area contributed by atoms with E-state index in [1.807, 2.05) is 32.9 Å². The summed E-state index contributed by atoms with van der Waals surface area (Å²) in [6.07, 6.45) is 1.45. The van der Waals surface area contributed by atoms with E-state index in [0.29, 0.717) is 11.6 Å². The van der Waals surface area contributed by atoms with Crippen LogP contribution in [0.15, 0.2) is 23.8 Å². The number of rotatable bonds is 3. The van der Waals surface area contributed by atoms with E-state index in [1.54, 1.807) is 0 Å². The highest BCUT2D eigenvalue weighted by Gasteiger charge is 2.29. The predicted octanol–water partition coefficient (Wildman–Crippen LogP) is 1.77. The second-order valence-corrected chi connectivity index (χ2v) is 5.58. The molecule has 0 radical (unpaired) electrons. The highest BCUT2D eigenvalue weighted by molar-refractivity contribution is 6.55. The number of nitrogens with one attached hydrogen (secondary N) is 2. The van der Waals surface area contributed by atoms with Crippen LogP contribution < -0.4 is 15.7 Å². The number of hydrogen-bond acceptors (Lipinski definition) is 5. The van der Waals surface area contributed by atoms with Crippen molar-refractivity contribution in [3.05, 3.63) is 40.5 Å². The molecule has 1 amide bonds. The third-order valence-electron chi connectivity index (χ3n) is 4.04. The van der Waals surface area contributed by atoms with Gasteiger partial charge in [-0.25, -0.2) is 0 Å². The first-order valence-corrected chi connectivity index (χ1v) is 7.16. The normalized spacial score (nSPS) is 13.7. The number of anilines is 2. The first-order valence-electron chi connectivity index (χ1n) is 7.16. The fraction of sp³-hybridized carbons (Fsp3) is 0.200. The predicted molar refractivity (Wildman–Crippen MR) is 88.4 cm³/mol. The van der Waals surface area contributed by atoms with Gasteiger partial charge in [-0.2, -0.15) is 5.10 Å². The molecule has 0 spiro atoms. The number of fused-ring (bicyclic) bond motifs is 1. The van der Waals surface area contributed by atoms with E-state index in [4.69, 9.17) is 10.4 Å². The molecule has 0 bridgehead atoms. The summed E-state index contributed by atoms with van der Waals surface area (Å²) in [5.41, 5.74) is 9.85. The number of aryl methyl sites for hydroxylation is 1. The summed E-state index contributed by atoms with van der Waals surface area (Å²) in [5.74, 6) is 0.463. The van der Waals surface area contributed by atoms with Crippen molar-refractivity contribution in [2.75, 3.05) is 5.32 Å². The Morgan fingerprint density at radius 3 is 2.83 bits per heavy atom. The Labute approximate surface area is 133 Å². The second-order valence-electron chi connectivity index (χ2n) is 5.58. The van der Waals surface area contributed by atoms with Gasteiger partial charge in [-0.3, -0.25) is 9.89 Å². The molecule has 0 fully saturated rings. The van der Waals surface area contributed by atoms with Gasteiger partial charge in [0, 0.05) is 17.4 Å². The van der Waals surface area contributed by atoms with Crippen LogP contribution in [-0.4, -0.2) is 28.2 Å². The molecule has 0 atom stereocenters. The van der Waals surface area contributed by atoms with E-state index in [0.717, 1.165) is 27.9 Å². The number of allylic oxidation sites excluding steroid dienone is 2. The van der Waals surface area contributed by atoms with Crippen molar-refractivity contribution in [1.82, 2.24) is 10.2 Å². The Morgan fingerprint density at radius 1 is 1.39 bits per heavy atom. The average Bonchev–Trinajstić information content (AvgIpc) is 2.95. The maximum atomic E-state index is 11.4. The molecule has 2 heterocycles. The Hall–Kier alpha value is -2.74. The largest absolute Gasteiger partial charge is 0.555 e. The number of aromatic nitrogens is 2. The van der Waals surface area contributed by atoms with Crippen molar-refractivity contribution in [3.8, 4) is 5.75 Å². The first-order chi connectivity index (χ1) is 10.9. The molecule has 3 rings (SSSR count). The van der Waals surface area contributed by atoms with Crippen LogP contribution in [0, 0.1) is 6.92 Å². The highest BCUT2D eigenvalue weighted by Crippen LogP contribution is 2.39. The van der Waals surface area contributed by atoms with Crippen LogP contribution >= 0.6 is 0 Å². The molecule has 23 heavy (non-hydrogen) atoms. The van der Waals surface area contributed by atoms with Gasteiger partial charge in [0.2, 0.25) is 0 Å². The number of aromatic amines is 1. The quantitative estimate of drug-likeness (QED) is 0.645. The molecule has 1 aromatic carbocycles. The SMILES string of the molecule is CC1=C(C)c2cc(Nc3n[nH]cc3C(N)=O)cc(C)c2OB1O. The van der Waals surface area contributed by atoms with Gasteiger partial charge in [-0.15, -0.1) is 0 Å². The molecule has 1 aliphatic heterocycles. The van der Waals surface area contributed by atoms with E-state index in [1.165, 1.54) is 6.20 Å². The summed E-state index contributed by atoms with van der Waals surface area (Å²) in [6, 6.07) is 3.76. The number of nitrogens with two attached hydrogens (primary N) is 1. The van der Waals surface area contributed by atoms with Crippen molar-refractivity contribution in [3.63, 3.8) is 0 Å². The Bertz CT molecular complexity index is 828. The third kappa shape index (κ3) is 2.57. The van der Waals surface area contributed by atoms with Crippen LogP contribution in [0.3, 0.4) is 0 Å². The number of amides is 1. The summed E-state index contributed by atoms with van der Waals surface area (Å²) < 4.78 is 5.57. The number of carbonyl (C=O) groups is 1. The smallest absolute Gasteiger partial charge is 0.532 e. The summed E-state index contributed by atoms with van der Waals surface area (Å²) in [7, 11) is -0.923. The molecule has 5 N–H and O–H groups in total. The monoisotopic (exact) mass is 312 g/mol. The van der Waals surface area contributed by atoms with Gasteiger partial charge in [-0.05, 0) is 49.5 Å². The fourth-order valence-electron chi connectivity index (χ4n) is 2.59. The number of hydrogen-bond donors (Lipinski definition) is 4. The maximum Gasteiger partial charge on any atom is 0.555 e. The molecule has 0 saturated heterocycles. The molecule has 0 unspecified atom stereocenters. The molecular formula is C15H17BN4O3. The molecule has 0 saturated carbocycles. The van der Waals surface area contributed by atoms with Gasteiger partial charge in [0.15, 0.2) is 5.82 Å². The zero-order chi connectivity index (χ0) is 16.7. The van der Waals surface area contributed by atoms with E-state index >= 15 is 0 Å². The molecule has 1 aromatic heterocycles. The van der Waals surface area contributed by atoms with Crippen LogP contribution in [0.2, 0.25) is 0 Å². The minimum atomic E-state index is -0.923. The summed E-state index contributed by atoms with van der Waals surface area (Å²) in [5, 5.41) is 19.6. The molecule has 118 valence electrons. The molecule has 0 aliphatic carbocycles. The van der Waals surface area contributed by atoms with Gasteiger partial charge in [-0.1, -0.05) is 0 Å². The van der Waals surface area contributed by atoms with Gasteiger partial charge in [0.05, 0.1) is 0 Å². The lowest BCUT2D eigenvalue weighted by Crippen LogP contribution is -2.28. The van der Waals surface area contributed by atoms with Crippen LogP contribution in [0.4, 0.5) is 11.5 Å². The van der Waals surface area contributed by atoms with Crippen LogP contribution in [-0.2, 0) is 0 Å². The van der Waals surface area contributed by atoms with Crippen molar-refractivity contribution in [1.29, 1.82) is 0 Å². The minimum absolute atomic E-state index is 0.287. The van der Waals surface area contributed by atoms with Crippen LogP contribution in [0.5, 0.6) is 5.75 Å². The Balaban J connectivity index is 2.03. The Kier molecular flexibility index (Phi) is 3.61. The lowest BCUT2D eigenvalue weighted by atomic mass is 9.73. The van der Waals surface area contributed by atoms with E-state index < -0.39 is 13.0 Å². The van der Waals surface area contributed by atoms with Crippen molar-refractivity contribution in [2.45, 2.75) is 20.8 Å². The molecule has 2 aromatic rings. The zero-order valence-corrected chi connectivity index (χ0v) is 13.1. The van der Waals surface area contributed by atoms with Crippen LogP contribution in [0.25, 0.3) is 5.57 Å².